The van der Waals surface area contributed by atoms with Crippen molar-refractivity contribution in [3.63, 3.8) is 0 Å². The molecule has 2 heterocycles. The predicted molar refractivity (Wildman–Crippen MR) is 102 cm³/mol. The topological polar surface area (TPSA) is 68.5 Å². The van der Waals surface area contributed by atoms with Gasteiger partial charge < -0.3 is 14.2 Å². The number of hydrogen-bond donors (Lipinski definition) is 0. The smallest absolute Gasteiger partial charge is 0.232 e. The summed E-state index contributed by atoms with van der Waals surface area (Å²) >= 11 is 6.08. The average Bonchev–Trinajstić information content (AvgIpc) is 3.31. The minimum atomic E-state index is -0.131. The highest BCUT2D eigenvalue weighted by Crippen LogP contribution is 2.33. The Labute approximate surface area is 161 Å². The molecule has 2 aromatic carbocycles. The lowest BCUT2D eigenvalue weighted by Crippen LogP contribution is -2.24. The molecule has 6 nitrogen and oxygen atoms in total. The van der Waals surface area contributed by atoms with Crippen molar-refractivity contribution in [2.24, 2.45) is 0 Å². The van der Waals surface area contributed by atoms with Gasteiger partial charge in [0.05, 0.1) is 13.0 Å². The molecule has 27 heavy (non-hydrogen) atoms. The molecule has 0 bridgehead atoms. The van der Waals surface area contributed by atoms with Crippen molar-refractivity contribution in [2.45, 2.75) is 19.3 Å². The highest BCUT2D eigenvalue weighted by atomic mass is 35.5. The first-order chi connectivity index (χ1) is 13.0. The zero-order chi connectivity index (χ0) is 19.0. The van der Waals surface area contributed by atoms with E-state index in [9.17, 15) is 4.79 Å². The number of hydrogen-bond acceptors (Lipinski definition) is 5. The Morgan fingerprint density at radius 2 is 2.00 bits per heavy atom. The SMILES string of the molecule is COc1ccc(-c2noc(C3CC(=O)N(c4ccc(Cl)c(C)c4)C3)n2)cc1. The number of benzene rings is 2. The number of amides is 1. The molecule has 7 heteroatoms. The first-order valence-electron chi connectivity index (χ1n) is 8.59. The number of carbonyl (C=O) groups excluding carboxylic acids is 1. The van der Waals surface area contributed by atoms with Gasteiger partial charge in [0.1, 0.15) is 5.75 Å². The molecular formula is C20H18ClN3O3. The van der Waals surface area contributed by atoms with Crippen molar-refractivity contribution >= 4 is 23.2 Å². The number of aryl methyl sites for hydroxylation is 1. The highest BCUT2D eigenvalue weighted by molar-refractivity contribution is 6.31. The van der Waals surface area contributed by atoms with Crippen molar-refractivity contribution in [3.05, 3.63) is 58.9 Å². The van der Waals surface area contributed by atoms with Crippen LogP contribution in [0.4, 0.5) is 5.69 Å². The Bertz CT molecular complexity index is 984. The summed E-state index contributed by atoms with van der Waals surface area (Å²) in [6, 6.07) is 13.0. The van der Waals surface area contributed by atoms with Gasteiger partial charge in [0.2, 0.25) is 17.6 Å². The van der Waals surface area contributed by atoms with E-state index in [1.807, 2.05) is 43.3 Å². The van der Waals surface area contributed by atoms with Gasteiger partial charge in [-0.1, -0.05) is 16.8 Å². The van der Waals surface area contributed by atoms with Crippen LogP contribution in [0.2, 0.25) is 5.02 Å². The molecule has 1 saturated heterocycles. The molecule has 1 atom stereocenters. The molecule has 1 unspecified atom stereocenters. The van der Waals surface area contributed by atoms with E-state index in [0.717, 1.165) is 22.6 Å². The van der Waals surface area contributed by atoms with Crippen LogP contribution in [0.1, 0.15) is 23.8 Å². The lowest BCUT2D eigenvalue weighted by Gasteiger charge is -2.17. The summed E-state index contributed by atoms with van der Waals surface area (Å²) in [6.07, 6.45) is 0.339. The first kappa shape index (κ1) is 17.5. The Hall–Kier alpha value is -2.86. The lowest BCUT2D eigenvalue weighted by atomic mass is 10.1. The second-order valence-corrected chi connectivity index (χ2v) is 6.93. The fourth-order valence-corrected chi connectivity index (χ4v) is 3.30. The summed E-state index contributed by atoms with van der Waals surface area (Å²) in [7, 11) is 1.62. The number of methoxy groups -OCH3 is 1. The van der Waals surface area contributed by atoms with Crippen LogP contribution in [-0.2, 0) is 4.79 Å². The molecule has 4 rings (SSSR count). The number of nitrogens with zero attached hydrogens (tertiary/aromatic N) is 3. The van der Waals surface area contributed by atoms with E-state index in [1.165, 1.54) is 0 Å². The van der Waals surface area contributed by atoms with Gasteiger partial charge in [0.15, 0.2) is 0 Å². The first-order valence-corrected chi connectivity index (χ1v) is 8.97. The standard InChI is InChI=1S/C20H18ClN3O3/c1-12-9-15(5-8-17(12)21)24-11-14(10-18(24)25)20-22-19(23-27-20)13-3-6-16(26-2)7-4-13/h3-9,14H,10-11H2,1-2H3. The van der Waals surface area contributed by atoms with E-state index < -0.39 is 0 Å². The summed E-state index contributed by atoms with van der Waals surface area (Å²) in [5.41, 5.74) is 2.60. The Morgan fingerprint density at radius 1 is 1.22 bits per heavy atom. The van der Waals surface area contributed by atoms with Crippen molar-refractivity contribution in [2.75, 3.05) is 18.6 Å². The molecule has 0 saturated carbocycles. The molecule has 1 aromatic heterocycles. The van der Waals surface area contributed by atoms with E-state index in [0.29, 0.717) is 29.7 Å². The number of rotatable bonds is 4. The Kier molecular flexibility index (Phi) is 4.58. The van der Waals surface area contributed by atoms with Crippen LogP contribution in [0, 0.1) is 6.92 Å². The number of anilines is 1. The van der Waals surface area contributed by atoms with Crippen LogP contribution in [0.3, 0.4) is 0 Å². The fraction of sp³-hybridized carbons (Fsp3) is 0.250. The van der Waals surface area contributed by atoms with Crippen LogP contribution in [0.15, 0.2) is 47.0 Å². The van der Waals surface area contributed by atoms with Crippen LogP contribution in [0.5, 0.6) is 5.75 Å². The summed E-state index contributed by atoms with van der Waals surface area (Å²) in [5.74, 6) is 1.64. The van der Waals surface area contributed by atoms with Crippen molar-refractivity contribution in [1.29, 1.82) is 0 Å². The van der Waals surface area contributed by atoms with E-state index in [4.69, 9.17) is 20.9 Å². The van der Waals surface area contributed by atoms with Gasteiger partial charge in [0.25, 0.3) is 0 Å². The second kappa shape index (κ2) is 7.04. The maximum atomic E-state index is 12.5. The fourth-order valence-electron chi connectivity index (χ4n) is 3.18. The van der Waals surface area contributed by atoms with E-state index in [1.54, 1.807) is 18.1 Å². The summed E-state index contributed by atoms with van der Waals surface area (Å²) in [6.45, 7) is 2.42. The molecule has 1 aliphatic rings. The maximum absolute atomic E-state index is 12.5. The summed E-state index contributed by atoms with van der Waals surface area (Å²) in [5, 5.41) is 4.74. The zero-order valence-corrected chi connectivity index (χ0v) is 15.7. The van der Waals surface area contributed by atoms with Crippen LogP contribution < -0.4 is 9.64 Å². The van der Waals surface area contributed by atoms with Crippen molar-refractivity contribution in [3.8, 4) is 17.1 Å². The molecule has 0 radical (unpaired) electrons. The highest BCUT2D eigenvalue weighted by Gasteiger charge is 2.35. The number of aromatic nitrogens is 2. The van der Waals surface area contributed by atoms with Gasteiger partial charge in [0, 0.05) is 29.2 Å². The third-order valence-corrected chi connectivity index (χ3v) is 5.14. The maximum Gasteiger partial charge on any atom is 0.232 e. The van der Waals surface area contributed by atoms with Crippen LogP contribution >= 0.6 is 11.6 Å². The van der Waals surface area contributed by atoms with Crippen molar-refractivity contribution in [1.82, 2.24) is 10.1 Å². The molecule has 0 N–H and O–H groups in total. The van der Waals surface area contributed by atoms with Gasteiger partial charge >= 0.3 is 0 Å². The van der Waals surface area contributed by atoms with E-state index >= 15 is 0 Å². The quantitative estimate of drug-likeness (QED) is 0.674. The van der Waals surface area contributed by atoms with Gasteiger partial charge in [-0.2, -0.15) is 4.98 Å². The molecule has 3 aromatic rings. The third kappa shape index (κ3) is 3.40. The van der Waals surface area contributed by atoms with Gasteiger partial charge in [-0.3, -0.25) is 4.79 Å². The number of carbonyl (C=O) groups is 1. The normalized spacial score (nSPS) is 16.8. The number of halogens is 1. The van der Waals surface area contributed by atoms with Crippen LogP contribution in [-0.4, -0.2) is 29.7 Å². The zero-order valence-electron chi connectivity index (χ0n) is 15.0. The summed E-state index contributed by atoms with van der Waals surface area (Å²) in [4.78, 5) is 18.7. The number of ether oxygens (including phenoxy) is 1. The molecule has 1 aliphatic heterocycles. The lowest BCUT2D eigenvalue weighted by molar-refractivity contribution is -0.117. The van der Waals surface area contributed by atoms with Crippen molar-refractivity contribution < 1.29 is 14.1 Å². The largest absolute Gasteiger partial charge is 0.497 e. The average molecular weight is 384 g/mol. The molecule has 0 aliphatic carbocycles. The molecule has 1 amide bonds. The Morgan fingerprint density at radius 3 is 2.70 bits per heavy atom. The van der Waals surface area contributed by atoms with Gasteiger partial charge in [-0.05, 0) is 55.0 Å². The summed E-state index contributed by atoms with van der Waals surface area (Å²) < 4.78 is 10.6. The Balaban J connectivity index is 1.53. The second-order valence-electron chi connectivity index (χ2n) is 6.52. The molecule has 1 fully saturated rings. The predicted octanol–water partition coefficient (Wildman–Crippen LogP) is 4.23. The third-order valence-electron chi connectivity index (χ3n) is 4.72. The monoisotopic (exact) mass is 383 g/mol. The molecular weight excluding hydrogens is 366 g/mol. The van der Waals surface area contributed by atoms with E-state index in [-0.39, 0.29) is 11.8 Å². The van der Waals surface area contributed by atoms with E-state index in [2.05, 4.69) is 10.1 Å². The van der Waals surface area contributed by atoms with Gasteiger partial charge in [-0.25, -0.2) is 0 Å². The minimum Gasteiger partial charge on any atom is -0.497 e. The minimum absolute atomic E-state index is 0.0333. The molecule has 0 spiro atoms. The van der Waals surface area contributed by atoms with Crippen LogP contribution in [0.25, 0.3) is 11.4 Å². The molecule has 138 valence electrons. The van der Waals surface area contributed by atoms with Gasteiger partial charge in [-0.15, -0.1) is 0 Å².